The SMILES string of the molecule is COc1ccc(-c2c(Br)nc3n2CCN(CCC(C)C)C3=O)cc1. The molecule has 0 radical (unpaired) electrons. The van der Waals surface area contributed by atoms with Gasteiger partial charge in [0.1, 0.15) is 10.4 Å². The van der Waals surface area contributed by atoms with Gasteiger partial charge in [0.2, 0.25) is 5.82 Å². The summed E-state index contributed by atoms with van der Waals surface area (Å²) in [5.74, 6) is 1.93. The van der Waals surface area contributed by atoms with Crippen LogP contribution in [-0.4, -0.2) is 40.6 Å². The molecule has 1 aliphatic heterocycles. The highest BCUT2D eigenvalue weighted by Gasteiger charge is 2.30. The number of nitrogens with zero attached hydrogens (tertiary/aromatic N) is 3. The van der Waals surface area contributed by atoms with E-state index in [0.29, 0.717) is 16.3 Å². The van der Waals surface area contributed by atoms with Crippen LogP contribution in [0.2, 0.25) is 0 Å². The molecule has 0 bridgehead atoms. The zero-order chi connectivity index (χ0) is 17.3. The van der Waals surface area contributed by atoms with E-state index in [0.717, 1.165) is 43.1 Å². The number of hydrogen-bond acceptors (Lipinski definition) is 3. The summed E-state index contributed by atoms with van der Waals surface area (Å²) in [5.41, 5.74) is 1.97. The van der Waals surface area contributed by atoms with Gasteiger partial charge in [-0.05, 0) is 52.5 Å². The molecule has 0 aliphatic carbocycles. The van der Waals surface area contributed by atoms with E-state index in [1.54, 1.807) is 7.11 Å². The summed E-state index contributed by atoms with van der Waals surface area (Å²) >= 11 is 3.53. The van der Waals surface area contributed by atoms with Gasteiger partial charge >= 0.3 is 0 Å². The molecule has 0 fully saturated rings. The maximum atomic E-state index is 12.7. The Bertz CT molecular complexity index is 737. The van der Waals surface area contributed by atoms with Gasteiger partial charge in [-0.25, -0.2) is 4.98 Å². The molecule has 1 aromatic carbocycles. The smallest absolute Gasteiger partial charge is 0.289 e. The third-order valence-electron chi connectivity index (χ3n) is 4.34. The maximum absolute atomic E-state index is 12.7. The van der Waals surface area contributed by atoms with Gasteiger partial charge in [0.25, 0.3) is 5.91 Å². The van der Waals surface area contributed by atoms with Crippen LogP contribution < -0.4 is 4.74 Å². The van der Waals surface area contributed by atoms with Gasteiger partial charge in [0.15, 0.2) is 0 Å². The largest absolute Gasteiger partial charge is 0.497 e. The molecule has 24 heavy (non-hydrogen) atoms. The molecule has 0 spiro atoms. The standard InChI is InChI=1S/C18H22BrN3O2/c1-12(2)8-9-21-10-11-22-15(16(19)20-17(22)18(21)23)13-4-6-14(24-3)7-5-13/h4-7,12H,8-11H2,1-3H3. The van der Waals surface area contributed by atoms with Crippen LogP contribution in [0, 0.1) is 5.92 Å². The molecule has 3 rings (SSSR count). The molecule has 2 aromatic rings. The fraction of sp³-hybridized carbons (Fsp3) is 0.444. The quantitative estimate of drug-likeness (QED) is 0.777. The molecule has 0 unspecified atom stereocenters. The second kappa shape index (κ2) is 6.97. The molecule has 0 N–H and O–H groups in total. The van der Waals surface area contributed by atoms with Crippen molar-refractivity contribution in [2.75, 3.05) is 20.2 Å². The van der Waals surface area contributed by atoms with Crippen molar-refractivity contribution in [3.63, 3.8) is 0 Å². The topological polar surface area (TPSA) is 47.4 Å². The summed E-state index contributed by atoms with van der Waals surface area (Å²) in [6.45, 7) is 6.63. The van der Waals surface area contributed by atoms with Crippen molar-refractivity contribution < 1.29 is 9.53 Å². The zero-order valence-electron chi connectivity index (χ0n) is 14.3. The number of rotatable bonds is 5. The highest BCUT2D eigenvalue weighted by Crippen LogP contribution is 2.32. The maximum Gasteiger partial charge on any atom is 0.289 e. The minimum absolute atomic E-state index is 0.0161. The Morgan fingerprint density at radius 3 is 2.58 bits per heavy atom. The Hall–Kier alpha value is -1.82. The van der Waals surface area contributed by atoms with E-state index < -0.39 is 0 Å². The predicted octanol–water partition coefficient (Wildman–Crippen LogP) is 3.82. The molecule has 1 aromatic heterocycles. The number of hydrogen-bond donors (Lipinski definition) is 0. The van der Waals surface area contributed by atoms with Gasteiger partial charge in [-0.1, -0.05) is 13.8 Å². The summed E-state index contributed by atoms with van der Waals surface area (Å²) in [5, 5.41) is 0. The Balaban J connectivity index is 1.90. The van der Waals surface area contributed by atoms with Crippen LogP contribution in [-0.2, 0) is 6.54 Å². The molecular weight excluding hydrogens is 370 g/mol. The zero-order valence-corrected chi connectivity index (χ0v) is 15.8. The van der Waals surface area contributed by atoms with Crippen molar-refractivity contribution in [1.29, 1.82) is 0 Å². The monoisotopic (exact) mass is 391 g/mol. The summed E-state index contributed by atoms with van der Waals surface area (Å²) in [4.78, 5) is 19.1. The van der Waals surface area contributed by atoms with Crippen molar-refractivity contribution in [3.05, 3.63) is 34.7 Å². The van der Waals surface area contributed by atoms with Crippen LogP contribution in [0.1, 0.15) is 30.9 Å². The summed E-state index contributed by atoms with van der Waals surface area (Å²) in [6.07, 6.45) is 1.01. The Kier molecular flexibility index (Phi) is 4.94. The molecule has 0 saturated heterocycles. The number of methoxy groups -OCH3 is 1. The lowest BCUT2D eigenvalue weighted by molar-refractivity contribution is 0.0689. The lowest BCUT2D eigenvalue weighted by Gasteiger charge is -2.28. The van der Waals surface area contributed by atoms with Gasteiger partial charge in [-0.15, -0.1) is 0 Å². The first-order valence-corrected chi connectivity index (χ1v) is 9.00. The van der Waals surface area contributed by atoms with E-state index >= 15 is 0 Å². The molecule has 0 atom stereocenters. The van der Waals surface area contributed by atoms with Gasteiger partial charge in [0, 0.05) is 25.2 Å². The average Bonchev–Trinajstić information content (AvgIpc) is 2.91. The second-order valence-electron chi connectivity index (χ2n) is 6.43. The number of benzene rings is 1. The summed E-state index contributed by atoms with van der Waals surface area (Å²) in [7, 11) is 1.65. The Morgan fingerprint density at radius 1 is 1.25 bits per heavy atom. The fourth-order valence-corrected chi connectivity index (χ4v) is 3.53. The van der Waals surface area contributed by atoms with E-state index in [2.05, 4.69) is 34.8 Å². The van der Waals surface area contributed by atoms with Gasteiger partial charge in [0.05, 0.1) is 12.8 Å². The van der Waals surface area contributed by atoms with Crippen LogP contribution in [0.4, 0.5) is 0 Å². The van der Waals surface area contributed by atoms with Crippen molar-refractivity contribution in [2.45, 2.75) is 26.8 Å². The Morgan fingerprint density at radius 2 is 1.96 bits per heavy atom. The normalized spacial score (nSPS) is 14.2. The lowest BCUT2D eigenvalue weighted by Crippen LogP contribution is -2.41. The van der Waals surface area contributed by atoms with Crippen molar-refractivity contribution >= 4 is 21.8 Å². The molecule has 0 saturated carbocycles. The Labute approximate surface area is 150 Å². The summed E-state index contributed by atoms with van der Waals surface area (Å²) < 4.78 is 7.94. The van der Waals surface area contributed by atoms with E-state index in [1.807, 2.05) is 33.7 Å². The molecule has 1 aliphatic rings. The molecular formula is C18H22BrN3O2. The lowest BCUT2D eigenvalue weighted by atomic mass is 10.1. The fourth-order valence-electron chi connectivity index (χ4n) is 2.92. The third-order valence-corrected chi connectivity index (χ3v) is 4.89. The van der Waals surface area contributed by atoms with E-state index in [4.69, 9.17) is 4.74 Å². The molecule has 2 heterocycles. The highest BCUT2D eigenvalue weighted by atomic mass is 79.9. The number of carbonyl (C=O) groups excluding carboxylic acids is 1. The van der Waals surface area contributed by atoms with Crippen molar-refractivity contribution in [1.82, 2.24) is 14.5 Å². The van der Waals surface area contributed by atoms with Gasteiger partial charge < -0.3 is 14.2 Å². The number of aromatic nitrogens is 2. The van der Waals surface area contributed by atoms with Crippen LogP contribution in [0.15, 0.2) is 28.9 Å². The van der Waals surface area contributed by atoms with Gasteiger partial charge in [-0.3, -0.25) is 4.79 Å². The second-order valence-corrected chi connectivity index (χ2v) is 7.18. The van der Waals surface area contributed by atoms with E-state index in [9.17, 15) is 4.79 Å². The minimum Gasteiger partial charge on any atom is -0.497 e. The van der Waals surface area contributed by atoms with Gasteiger partial charge in [-0.2, -0.15) is 0 Å². The first-order chi connectivity index (χ1) is 11.5. The average molecular weight is 392 g/mol. The first-order valence-electron chi connectivity index (χ1n) is 8.21. The van der Waals surface area contributed by atoms with Crippen molar-refractivity contribution in [3.8, 4) is 17.0 Å². The minimum atomic E-state index is 0.0161. The number of amides is 1. The molecule has 6 heteroatoms. The number of halogens is 1. The number of fused-ring (bicyclic) bond motifs is 1. The first kappa shape index (κ1) is 17.0. The van der Waals surface area contributed by atoms with Crippen molar-refractivity contribution in [2.24, 2.45) is 5.92 Å². The molecule has 1 amide bonds. The van der Waals surface area contributed by atoms with Crippen LogP contribution in [0.5, 0.6) is 5.75 Å². The number of carbonyl (C=O) groups is 1. The van der Waals surface area contributed by atoms with Crippen LogP contribution >= 0.6 is 15.9 Å². The van der Waals surface area contributed by atoms with E-state index in [-0.39, 0.29) is 5.91 Å². The third kappa shape index (κ3) is 3.20. The highest BCUT2D eigenvalue weighted by molar-refractivity contribution is 9.10. The molecule has 128 valence electrons. The van der Waals surface area contributed by atoms with E-state index in [1.165, 1.54) is 0 Å². The van der Waals surface area contributed by atoms with Crippen LogP contribution in [0.3, 0.4) is 0 Å². The molecule has 5 nitrogen and oxygen atoms in total. The predicted molar refractivity (Wildman–Crippen MR) is 97.3 cm³/mol. The van der Waals surface area contributed by atoms with Crippen LogP contribution in [0.25, 0.3) is 11.3 Å². The number of imidazole rings is 1. The summed E-state index contributed by atoms with van der Waals surface area (Å²) in [6, 6.07) is 7.82. The number of ether oxygens (including phenoxy) is 1.